The van der Waals surface area contributed by atoms with Crippen LogP contribution in [0.5, 0.6) is 0 Å². The summed E-state index contributed by atoms with van der Waals surface area (Å²) in [5.74, 6) is 0. The van der Waals surface area contributed by atoms with Gasteiger partial charge in [0.25, 0.3) is 0 Å². The Morgan fingerprint density at radius 3 is 2.62 bits per heavy atom. The van der Waals surface area contributed by atoms with E-state index in [2.05, 4.69) is 17.1 Å². The molecule has 1 N–H and O–H groups in total. The molecular weight excluding hydrogens is 200 g/mol. The molecule has 2 aliphatic rings. The van der Waals surface area contributed by atoms with Crippen molar-refractivity contribution in [2.24, 2.45) is 0 Å². The van der Waals surface area contributed by atoms with Crippen LogP contribution in [0.3, 0.4) is 0 Å². The molecule has 0 aliphatic carbocycles. The molecule has 2 aliphatic heterocycles. The summed E-state index contributed by atoms with van der Waals surface area (Å²) >= 11 is 0. The smallest absolute Gasteiger partial charge is 0.0480 e. The minimum Gasteiger partial charge on any atom is -0.381 e. The molecule has 2 heterocycles. The van der Waals surface area contributed by atoms with Crippen molar-refractivity contribution in [3.05, 3.63) is 0 Å². The fraction of sp³-hybridized carbons (Fsp3) is 1.00. The van der Waals surface area contributed by atoms with Gasteiger partial charge in [0.2, 0.25) is 0 Å². The van der Waals surface area contributed by atoms with Crippen molar-refractivity contribution in [1.29, 1.82) is 0 Å². The summed E-state index contributed by atoms with van der Waals surface area (Å²) < 4.78 is 5.44. The zero-order valence-corrected chi connectivity index (χ0v) is 10.6. The van der Waals surface area contributed by atoms with Gasteiger partial charge in [0.1, 0.15) is 0 Å². The maximum absolute atomic E-state index is 5.44. The monoisotopic (exact) mass is 226 g/mol. The SMILES string of the molecule is CCN(CC1CCCCN1)C1CCOCC1. The third-order valence-corrected chi connectivity index (χ3v) is 3.98. The molecule has 0 aromatic heterocycles. The van der Waals surface area contributed by atoms with E-state index in [1.54, 1.807) is 0 Å². The van der Waals surface area contributed by atoms with Crippen molar-refractivity contribution in [3.8, 4) is 0 Å². The van der Waals surface area contributed by atoms with E-state index in [0.717, 1.165) is 25.3 Å². The Labute approximate surface area is 99.5 Å². The van der Waals surface area contributed by atoms with Crippen molar-refractivity contribution in [3.63, 3.8) is 0 Å². The third-order valence-electron chi connectivity index (χ3n) is 3.98. The molecule has 2 fully saturated rings. The van der Waals surface area contributed by atoms with E-state index < -0.39 is 0 Å². The fourth-order valence-electron chi connectivity index (χ4n) is 2.95. The zero-order valence-electron chi connectivity index (χ0n) is 10.6. The highest BCUT2D eigenvalue weighted by Gasteiger charge is 2.23. The minimum atomic E-state index is 0.733. The molecule has 1 unspecified atom stereocenters. The van der Waals surface area contributed by atoms with Crippen LogP contribution < -0.4 is 5.32 Å². The first-order chi connectivity index (χ1) is 7.90. The number of nitrogens with zero attached hydrogens (tertiary/aromatic N) is 1. The van der Waals surface area contributed by atoms with E-state index in [1.165, 1.54) is 51.7 Å². The molecule has 94 valence electrons. The van der Waals surface area contributed by atoms with E-state index in [4.69, 9.17) is 4.74 Å². The summed E-state index contributed by atoms with van der Waals surface area (Å²) in [5, 5.41) is 3.65. The first-order valence-electron chi connectivity index (χ1n) is 6.95. The summed E-state index contributed by atoms with van der Waals surface area (Å²) in [5.41, 5.74) is 0. The lowest BCUT2D eigenvalue weighted by atomic mass is 10.0. The maximum Gasteiger partial charge on any atom is 0.0480 e. The van der Waals surface area contributed by atoms with Gasteiger partial charge in [-0.3, -0.25) is 4.90 Å². The Hall–Kier alpha value is -0.120. The van der Waals surface area contributed by atoms with Crippen LogP contribution in [0.4, 0.5) is 0 Å². The van der Waals surface area contributed by atoms with Crippen LogP contribution in [0, 0.1) is 0 Å². The summed E-state index contributed by atoms with van der Waals surface area (Å²) in [6.45, 7) is 7.84. The van der Waals surface area contributed by atoms with Gasteiger partial charge in [0.15, 0.2) is 0 Å². The van der Waals surface area contributed by atoms with Crippen LogP contribution in [-0.2, 0) is 4.74 Å². The molecule has 2 rings (SSSR count). The Bertz CT molecular complexity index is 186. The lowest BCUT2D eigenvalue weighted by Gasteiger charge is -2.37. The van der Waals surface area contributed by atoms with Crippen LogP contribution in [0.2, 0.25) is 0 Å². The molecule has 3 heteroatoms. The number of piperidine rings is 1. The molecule has 0 aromatic rings. The predicted molar refractivity (Wildman–Crippen MR) is 66.7 cm³/mol. The quantitative estimate of drug-likeness (QED) is 0.788. The van der Waals surface area contributed by atoms with E-state index >= 15 is 0 Å². The summed E-state index contributed by atoms with van der Waals surface area (Å²) in [6, 6.07) is 1.50. The predicted octanol–water partition coefficient (Wildman–Crippen LogP) is 1.63. The average molecular weight is 226 g/mol. The molecule has 3 nitrogen and oxygen atoms in total. The number of likely N-dealkylation sites (N-methyl/N-ethyl adjacent to an activating group) is 1. The molecule has 1 atom stereocenters. The van der Waals surface area contributed by atoms with Crippen LogP contribution >= 0.6 is 0 Å². The van der Waals surface area contributed by atoms with Crippen molar-refractivity contribution in [2.45, 2.75) is 51.1 Å². The average Bonchev–Trinajstić information content (AvgIpc) is 2.38. The van der Waals surface area contributed by atoms with Gasteiger partial charge in [-0.2, -0.15) is 0 Å². The second-order valence-electron chi connectivity index (χ2n) is 5.08. The Kier molecular flexibility index (Phi) is 5.07. The normalized spacial score (nSPS) is 28.5. The molecular formula is C13H26N2O. The van der Waals surface area contributed by atoms with Gasteiger partial charge in [-0.05, 0) is 38.8 Å². The molecule has 0 radical (unpaired) electrons. The van der Waals surface area contributed by atoms with E-state index in [0.29, 0.717) is 0 Å². The zero-order chi connectivity index (χ0) is 11.2. The van der Waals surface area contributed by atoms with Crippen molar-refractivity contribution in [1.82, 2.24) is 10.2 Å². The van der Waals surface area contributed by atoms with Crippen LogP contribution in [-0.4, -0.2) is 49.8 Å². The number of ether oxygens (including phenoxy) is 1. The van der Waals surface area contributed by atoms with Crippen LogP contribution in [0.1, 0.15) is 39.0 Å². The van der Waals surface area contributed by atoms with Crippen molar-refractivity contribution < 1.29 is 4.74 Å². The number of rotatable bonds is 4. The standard InChI is InChI=1S/C13H26N2O/c1-2-15(13-6-9-16-10-7-13)11-12-5-3-4-8-14-12/h12-14H,2-11H2,1H3. The van der Waals surface area contributed by atoms with Gasteiger partial charge in [0.05, 0.1) is 0 Å². The number of hydrogen-bond acceptors (Lipinski definition) is 3. The van der Waals surface area contributed by atoms with Gasteiger partial charge < -0.3 is 10.1 Å². The second-order valence-corrected chi connectivity index (χ2v) is 5.08. The molecule has 0 amide bonds. The molecule has 0 saturated carbocycles. The lowest BCUT2D eigenvalue weighted by molar-refractivity contribution is 0.0314. The van der Waals surface area contributed by atoms with Gasteiger partial charge >= 0.3 is 0 Å². The largest absolute Gasteiger partial charge is 0.381 e. The molecule has 2 saturated heterocycles. The van der Waals surface area contributed by atoms with Gasteiger partial charge in [0, 0.05) is 31.8 Å². The molecule has 0 bridgehead atoms. The van der Waals surface area contributed by atoms with Crippen LogP contribution in [0.25, 0.3) is 0 Å². The Morgan fingerprint density at radius 1 is 1.19 bits per heavy atom. The highest BCUT2D eigenvalue weighted by Crippen LogP contribution is 2.16. The van der Waals surface area contributed by atoms with E-state index in [1.807, 2.05) is 0 Å². The highest BCUT2D eigenvalue weighted by molar-refractivity contribution is 4.80. The van der Waals surface area contributed by atoms with Gasteiger partial charge in [-0.15, -0.1) is 0 Å². The lowest BCUT2D eigenvalue weighted by Crippen LogP contribution is -2.48. The van der Waals surface area contributed by atoms with E-state index in [9.17, 15) is 0 Å². The van der Waals surface area contributed by atoms with Gasteiger partial charge in [-0.1, -0.05) is 13.3 Å². The maximum atomic E-state index is 5.44. The third kappa shape index (κ3) is 3.44. The summed E-state index contributed by atoms with van der Waals surface area (Å²) in [7, 11) is 0. The summed E-state index contributed by atoms with van der Waals surface area (Å²) in [4.78, 5) is 2.66. The van der Waals surface area contributed by atoms with Crippen LogP contribution in [0.15, 0.2) is 0 Å². The first-order valence-corrected chi connectivity index (χ1v) is 6.95. The topological polar surface area (TPSA) is 24.5 Å². The Balaban J connectivity index is 1.78. The van der Waals surface area contributed by atoms with E-state index in [-0.39, 0.29) is 0 Å². The second kappa shape index (κ2) is 6.58. The summed E-state index contributed by atoms with van der Waals surface area (Å²) in [6.07, 6.45) is 6.57. The van der Waals surface area contributed by atoms with Crippen molar-refractivity contribution in [2.75, 3.05) is 32.8 Å². The minimum absolute atomic E-state index is 0.733. The highest BCUT2D eigenvalue weighted by atomic mass is 16.5. The first kappa shape index (κ1) is 12.3. The fourth-order valence-corrected chi connectivity index (χ4v) is 2.95. The van der Waals surface area contributed by atoms with Crippen molar-refractivity contribution >= 4 is 0 Å². The molecule has 0 spiro atoms. The molecule has 16 heavy (non-hydrogen) atoms. The Morgan fingerprint density at radius 2 is 2.00 bits per heavy atom. The number of nitrogens with one attached hydrogen (secondary N) is 1. The van der Waals surface area contributed by atoms with Gasteiger partial charge in [-0.25, -0.2) is 0 Å². The number of hydrogen-bond donors (Lipinski definition) is 1. The molecule has 0 aromatic carbocycles.